The van der Waals surface area contributed by atoms with Crippen LogP contribution in [-0.4, -0.2) is 25.7 Å². The lowest BCUT2D eigenvalue weighted by atomic mass is 9.95. The first kappa shape index (κ1) is 25.0. The Hall–Kier alpha value is -3.60. The highest BCUT2D eigenvalue weighted by Gasteiger charge is 2.07. The summed E-state index contributed by atoms with van der Waals surface area (Å²) in [4.78, 5) is 23.2. The Bertz CT molecular complexity index is 1060. The predicted octanol–water partition coefficient (Wildman–Crippen LogP) is 6.02. The second-order valence-electron chi connectivity index (χ2n) is 8.37. The van der Waals surface area contributed by atoms with Crippen LogP contribution >= 0.6 is 0 Å². The van der Waals surface area contributed by atoms with Gasteiger partial charge in [0.05, 0.1) is 7.11 Å². The maximum Gasteiger partial charge on any atom is 0.407 e. The lowest BCUT2D eigenvalue weighted by molar-refractivity contribution is -0.140. The Morgan fingerprint density at radius 3 is 2.26 bits per heavy atom. The maximum absolute atomic E-state index is 11.8. The molecule has 0 saturated heterocycles. The number of amides is 1. The fraction of sp³-hybridized carbons (Fsp3) is 0.310. The first-order valence-electron chi connectivity index (χ1n) is 11.8. The molecule has 3 aromatic rings. The lowest BCUT2D eigenvalue weighted by Gasteiger charge is -2.10. The van der Waals surface area contributed by atoms with Crippen LogP contribution in [0.1, 0.15) is 41.5 Å². The van der Waals surface area contributed by atoms with E-state index in [0.29, 0.717) is 19.4 Å². The largest absolute Gasteiger partial charge is 0.469 e. The van der Waals surface area contributed by atoms with Gasteiger partial charge in [0.15, 0.2) is 0 Å². The highest BCUT2D eigenvalue weighted by atomic mass is 16.5. The summed E-state index contributed by atoms with van der Waals surface area (Å²) in [5.74, 6) is -0.184. The van der Waals surface area contributed by atoms with Crippen LogP contribution in [0.5, 0.6) is 0 Å². The highest BCUT2D eigenvalue weighted by molar-refractivity contribution is 5.70. The van der Waals surface area contributed by atoms with Gasteiger partial charge in [-0.15, -0.1) is 0 Å². The SMILES string of the molecule is COC(=O)CCc1ccc(-c2ccc(CCCCNC(=O)OCc3ccccc3)cc2)c(C)c1. The fourth-order valence-electron chi connectivity index (χ4n) is 3.82. The van der Waals surface area contributed by atoms with Crippen molar-refractivity contribution in [1.82, 2.24) is 5.32 Å². The lowest BCUT2D eigenvalue weighted by Crippen LogP contribution is -2.25. The number of unbranched alkanes of at least 4 members (excludes halogenated alkanes) is 1. The number of benzene rings is 3. The van der Waals surface area contributed by atoms with Crippen molar-refractivity contribution in [1.29, 1.82) is 0 Å². The molecule has 0 radical (unpaired) electrons. The molecule has 34 heavy (non-hydrogen) atoms. The quantitative estimate of drug-likeness (QED) is 0.281. The molecule has 0 aliphatic carbocycles. The minimum atomic E-state index is -0.375. The minimum absolute atomic E-state index is 0.184. The molecule has 0 aromatic heterocycles. The van der Waals surface area contributed by atoms with Crippen LogP contribution in [0.2, 0.25) is 0 Å². The molecule has 0 aliphatic rings. The van der Waals surface area contributed by atoms with E-state index < -0.39 is 0 Å². The zero-order chi connectivity index (χ0) is 24.2. The summed E-state index contributed by atoms with van der Waals surface area (Å²) in [6.45, 7) is 2.99. The zero-order valence-corrected chi connectivity index (χ0v) is 20.0. The van der Waals surface area contributed by atoms with Crippen molar-refractivity contribution in [3.8, 4) is 11.1 Å². The number of methoxy groups -OCH3 is 1. The molecule has 5 heteroatoms. The fourth-order valence-corrected chi connectivity index (χ4v) is 3.82. The van der Waals surface area contributed by atoms with Gasteiger partial charge in [-0.3, -0.25) is 4.79 Å². The summed E-state index contributed by atoms with van der Waals surface area (Å²) in [6.07, 6.45) is 3.56. The number of aryl methyl sites for hydroxylation is 3. The van der Waals surface area contributed by atoms with Crippen LogP contribution in [0.3, 0.4) is 0 Å². The van der Waals surface area contributed by atoms with Crippen molar-refractivity contribution in [2.24, 2.45) is 0 Å². The third-order valence-electron chi connectivity index (χ3n) is 5.78. The van der Waals surface area contributed by atoms with Gasteiger partial charge in [0.2, 0.25) is 0 Å². The average Bonchev–Trinajstić information content (AvgIpc) is 2.87. The van der Waals surface area contributed by atoms with Crippen LogP contribution in [0.4, 0.5) is 4.79 Å². The van der Waals surface area contributed by atoms with Crippen molar-refractivity contribution in [2.75, 3.05) is 13.7 Å². The van der Waals surface area contributed by atoms with E-state index in [1.165, 1.54) is 29.4 Å². The first-order chi connectivity index (χ1) is 16.5. The van der Waals surface area contributed by atoms with Crippen molar-refractivity contribution >= 4 is 12.1 Å². The van der Waals surface area contributed by atoms with Crippen molar-refractivity contribution < 1.29 is 19.1 Å². The molecular formula is C29H33NO4. The standard InChI is InChI=1S/C29H33NO4/c1-22-20-24(14-18-28(31)33-2)13-17-27(22)26-15-11-23(12-16-26)8-6-7-19-30-29(32)34-21-25-9-4-3-5-10-25/h3-5,9-13,15-17,20H,6-8,14,18-19,21H2,1-2H3,(H,30,32). The summed E-state index contributed by atoms with van der Waals surface area (Å²) in [6, 6.07) is 24.7. The van der Waals surface area contributed by atoms with Gasteiger partial charge in [0.25, 0.3) is 0 Å². The Morgan fingerprint density at radius 2 is 1.56 bits per heavy atom. The molecule has 0 unspecified atom stereocenters. The third-order valence-corrected chi connectivity index (χ3v) is 5.78. The van der Waals surface area contributed by atoms with Crippen LogP contribution < -0.4 is 5.32 Å². The molecule has 0 aliphatic heterocycles. The average molecular weight is 460 g/mol. The van der Waals surface area contributed by atoms with E-state index in [0.717, 1.165) is 30.4 Å². The zero-order valence-electron chi connectivity index (χ0n) is 20.0. The van der Waals surface area contributed by atoms with Gasteiger partial charge in [-0.25, -0.2) is 4.79 Å². The number of carbonyl (C=O) groups excluding carboxylic acids is 2. The summed E-state index contributed by atoms with van der Waals surface area (Å²) < 4.78 is 9.94. The van der Waals surface area contributed by atoms with E-state index in [-0.39, 0.29) is 18.7 Å². The number of hydrogen-bond donors (Lipinski definition) is 1. The highest BCUT2D eigenvalue weighted by Crippen LogP contribution is 2.25. The van der Waals surface area contributed by atoms with Gasteiger partial charge in [0.1, 0.15) is 6.61 Å². The van der Waals surface area contributed by atoms with Crippen molar-refractivity contribution in [2.45, 2.75) is 45.6 Å². The summed E-state index contributed by atoms with van der Waals surface area (Å²) in [5, 5.41) is 2.81. The van der Waals surface area contributed by atoms with E-state index in [1.807, 2.05) is 30.3 Å². The topological polar surface area (TPSA) is 64.6 Å². The van der Waals surface area contributed by atoms with Gasteiger partial charge in [-0.2, -0.15) is 0 Å². The number of rotatable bonds is 11. The molecular weight excluding hydrogens is 426 g/mol. The molecule has 0 fully saturated rings. The number of esters is 1. The summed E-state index contributed by atoms with van der Waals surface area (Å²) in [7, 11) is 1.42. The number of hydrogen-bond acceptors (Lipinski definition) is 4. The number of nitrogens with one attached hydrogen (secondary N) is 1. The van der Waals surface area contributed by atoms with Crippen LogP contribution in [0, 0.1) is 6.92 Å². The van der Waals surface area contributed by atoms with Gasteiger partial charge in [0, 0.05) is 13.0 Å². The Labute approximate surface area is 202 Å². The smallest absolute Gasteiger partial charge is 0.407 e. The number of alkyl carbamates (subject to hydrolysis) is 1. The monoisotopic (exact) mass is 459 g/mol. The van der Waals surface area contributed by atoms with Crippen molar-refractivity contribution in [3.63, 3.8) is 0 Å². The molecule has 3 aromatic carbocycles. The van der Waals surface area contributed by atoms with Gasteiger partial charge < -0.3 is 14.8 Å². The van der Waals surface area contributed by atoms with E-state index in [9.17, 15) is 9.59 Å². The van der Waals surface area contributed by atoms with E-state index >= 15 is 0 Å². The molecule has 3 rings (SSSR count). The van der Waals surface area contributed by atoms with Crippen LogP contribution in [-0.2, 0) is 33.7 Å². The summed E-state index contributed by atoms with van der Waals surface area (Å²) in [5.41, 5.74) is 6.98. The molecule has 0 bridgehead atoms. The minimum Gasteiger partial charge on any atom is -0.469 e. The summed E-state index contributed by atoms with van der Waals surface area (Å²) >= 11 is 0. The van der Waals surface area contributed by atoms with Gasteiger partial charge in [-0.1, -0.05) is 72.8 Å². The molecule has 0 saturated carbocycles. The second-order valence-corrected chi connectivity index (χ2v) is 8.37. The van der Waals surface area contributed by atoms with E-state index in [1.54, 1.807) is 0 Å². The van der Waals surface area contributed by atoms with Crippen molar-refractivity contribution in [3.05, 3.63) is 95.1 Å². The first-order valence-corrected chi connectivity index (χ1v) is 11.8. The molecule has 1 amide bonds. The normalized spacial score (nSPS) is 10.5. The molecule has 0 heterocycles. The van der Waals surface area contributed by atoms with Gasteiger partial charge in [-0.05, 0) is 66.0 Å². The van der Waals surface area contributed by atoms with E-state index in [4.69, 9.17) is 9.47 Å². The van der Waals surface area contributed by atoms with Gasteiger partial charge >= 0.3 is 12.1 Å². The number of ether oxygens (including phenoxy) is 2. The van der Waals surface area contributed by atoms with Crippen LogP contribution in [0.15, 0.2) is 72.8 Å². The molecule has 0 spiro atoms. The van der Waals surface area contributed by atoms with Crippen LogP contribution in [0.25, 0.3) is 11.1 Å². The second kappa shape index (κ2) is 13.2. The molecule has 178 valence electrons. The predicted molar refractivity (Wildman–Crippen MR) is 135 cm³/mol. The molecule has 1 N–H and O–H groups in total. The third kappa shape index (κ3) is 8.07. The molecule has 0 atom stereocenters. The van der Waals surface area contributed by atoms with E-state index in [2.05, 4.69) is 54.7 Å². The Kier molecular flexibility index (Phi) is 9.71. The number of carbonyl (C=O) groups is 2. The molecule has 5 nitrogen and oxygen atoms in total. The Balaban J connectivity index is 1.38. The Morgan fingerprint density at radius 1 is 0.824 bits per heavy atom. The maximum atomic E-state index is 11.8.